The lowest BCUT2D eigenvalue weighted by Gasteiger charge is -2.14. The lowest BCUT2D eigenvalue weighted by molar-refractivity contribution is 0.0927. The number of β-amino-alcohol motifs (C(OH)–C–C–N with tert-alkyl or cyclic N) is 1. The minimum atomic E-state index is -0.357. The molecule has 3 N–H and O–H groups in total. The van der Waals surface area contributed by atoms with Crippen LogP contribution in [0.5, 0.6) is 0 Å². The summed E-state index contributed by atoms with van der Waals surface area (Å²) >= 11 is 1.76. The van der Waals surface area contributed by atoms with E-state index in [0.29, 0.717) is 18.7 Å². The number of benzene rings is 1. The molecule has 1 aromatic rings. The largest absolute Gasteiger partial charge is 0.391 e. The monoisotopic (exact) mass is 316 g/mol. The number of aliphatic hydroxyl groups excluding tert-OH is 1. The number of amides is 1. The first-order valence-electron chi connectivity index (χ1n) is 6.45. The average Bonchev–Trinajstić information content (AvgIpc) is 2.83. The molecule has 20 heavy (non-hydrogen) atoms. The summed E-state index contributed by atoms with van der Waals surface area (Å²) < 4.78 is 0. The van der Waals surface area contributed by atoms with Gasteiger partial charge in [-0.05, 0) is 24.0 Å². The molecule has 1 aliphatic heterocycles. The van der Waals surface area contributed by atoms with Crippen molar-refractivity contribution in [2.75, 3.05) is 25.9 Å². The van der Waals surface area contributed by atoms with Gasteiger partial charge in [0.1, 0.15) is 0 Å². The van der Waals surface area contributed by atoms with Crippen molar-refractivity contribution in [3.05, 3.63) is 35.4 Å². The van der Waals surface area contributed by atoms with Crippen LogP contribution in [0.15, 0.2) is 24.3 Å². The van der Waals surface area contributed by atoms with E-state index in [1.54, 1.807) is 11.8 Å². The molecular formula is C14H21ClN2O2S. The fraction of sp³-hybridized carbons (Fsp3) is 0.500. The first-order chi connectivity index (χ1) is 9.20. The molecule has 1 fully saturated rings. The van der Waals surface area contributed by atoms with E-state index in [1.807, 2.05) is 24.3 Å². The maximum absolute atomic E-state index is 12.0. The average molecular weight is 317 g/mol. The summed E-state index contributed by atoms with van der Waals surface area (Å²) in [5, 5.41) is 15.6. The fourth-order valence-electron chi connectivity index (χ4n) is 2.17. The van der Waals surface area contributed by atoms with E-state index < -0.39 is 0 Å². The number of thioether (sulfide) groups is 1. The van der Waals surface area contributed by atoms with Gasteiger partial charge < -0.3 is 15.7 Å². The molecule has 0 saturated carbocycles. The van der Waals surface area contributed by atoms with Gasteiger partial charge in [0.15, 0.2) is 0 Å². The summed E-state index contributed by atoms with van der Waals surface area (Å²) in [6.07, 6.45) is 1.70. The summed E-state index contributed by atoms with van der Waals surface area (Å²) in [5.41, 5.74) is 1.89. The Bertz CT molecular complexity index is 428. The van der Waals surface area contributed by atoms with Gasteiger partial charge in [-0.15, -0.1) is 12.4 Å². The van der Waals surface area contributed by atoms with Gasteiger partial charge in [0.2, 0.25) is 0 Å². The number of hydrogen-bond donors (Lipinski definition) is 3. The van der Waals surface area contributed by atoms with Crippen molar-refractivity contribution in [1.82, 2.24) is 10.6 Å². The Kier molecular flexibility index (Phi) is 7.37. The third-order valence-electron chi connectivity index (χ3n) is 3.36. The Hall–Kier alpha value is -0.750. The van der Waals surface area contributed by atoms with Gasteiger partial charge in [-0.3, -0.25) is 4.79 Å². The van der Waals surface area contributed by atoms with Crippen LogP contribution in [0.2, 0.25) is 0 Å². The van der Waals surface area contributed by atoms with Crippen molar-refractivity contribution >= 4 is 30.1 Å². The van der Waals surface area contributed by atoms with E-state index in [2.05, 4.69) is 16.9 Å². The van der Waals surface area contributed by atoms with E-state index in [4.69, 9.17) is 0 Å². The summed E-state index contributed by atoms with van der Waals surface area (Å²) in [5.74, 6) is 0.997. The van der Waals surface area contributed by atoms with Crippen molar-refractivity contribution in [2.45, 2.75) is 11.9 Å². The summed E-state index contributed by atoms with van der Waals surface area (Å²) in [6.45, 7) is 1.89. The predicted octanol–water partition coefficient (Wildman–Crippen LogP) is 1.28. The van der Waals surface area contributed by atoms with Gasteiger partial charge in [-0.2, -0.15) is 11.8 Å². The van der Waals surface area contributed by atoms with Crippen LogP contribution in [0, 0.1) is 5.92 Å². The van der Waals surface area contributed by atoms with Crippen molar-refractivity contribution in [3.8, 4) is 0 Å². The van der Waals surface area contributed by atoms with Crippen molar-refractivity contribution < 1.29 is 9.90 Å². The molecule has 0 aromatic heterocycles. The Balaban J connectivity index is 0.00000200. The molecule has 0 aliphatic carbocycles. The second-order valence-electron chi connectivity index (χ2n) is 4.83. The molecular weight excluding hydrogens is 296 g/mol. The highest BCUT2D eigenvalue weighted by atomic mass is 35.5. The van der Waals surface area contributed by atoms with E-state index in [9.17, 15) is 9.90 Å². The third kappa shape index (κ3) is 4.66. The topological polar surface area (TPSA) is 61.4 Å². The van der Waals surface area contributed by atoms with Crippen LogP contribution in [0.1, 0.15) is 15.9 Å². The standard InChI is InChI=1S/C14H20N2O2S.ClH/c1-19-9-10-2-4-11(5-3-10)14(18)16-7-12-6-15-8-13(12)17;/h2-5,12-13,15,17H,6-9H2,1H3,(H,16,18);1H. The molecule has 0 bridgehead atoms. The van der Waals surface area contributed by atoms with Crippen molar-refractivity contribution in [1.29, 1.82) is 0 Å². The molecule has 0 spiro atoms. The number of aliphatic hydroxyl groups is 1. The Morgan fingerprint density at radius 3 is 2.65 bits per heavy atom. The van der Waals surface area contributed by atoms with Crippen LogP contribution in [0.3, 0.4) is 0 Å². The van der Waals surface area contributed by atoms with E-state index in [-0.39, 0.29) is 30.3 Å². The minimum Gasteiger partial charge on any atom is -0.391 e. The van der Waals surface area contributed by atoms with E-state index in [0.717, 1.165) is 12.3 Å². The summed E-state index contributed by atoms with van der Waals surface area (Å²) in [7, 11) is 0. The zero-order valence-electron chi connectivity index (χ0n) is 11.5. The first-order valence-corrected chi connectivity index (χ1v) is 7.85. The molecule has 112 valence electrons. The third-order valence-corrected chi connectivity index (χ3v) is 3.98. The molecule has 1 heterocycles. The van der Waals surface area contributed by atoms with Gasteiger partial charge in [-0.1, -0.05) is 12.1 Å². The quantitative estimate of drug-likeness (QED) is 0.766. The van der Waals surface area contributed by atoms with Crippen LogP contribution in [0.4, 0.5) is 0 Å². The molecule has 2 rings (SSSR count). The maximum atomic E-state index is 12.0. The van der Waals surface area contributed by atoms with Crippen LogP contribution in [0.25, 0.3) is 0 Å². The molecule has 1 amide bonds. The second kappa shape index (κ2) is 8.52. The molecule has 1 aliphatic rings. The van der Waals surface area contributed by atoms with Gasteiger partial charge in [0.05, 0.1) is 6.10 Å². The summed E-state index contributed by atoms with van der Waals surface area (Å²) in [6, 6.07) is 7.67. The fourth-order valence-corrected chi connectivity index (χ4v) is 2.70. The number of halogens is 1. The molecule has 4 nitrogen and oxygen atoms in total. The highest BCUT2D eigenvalue weighted by Crippen LogP contribution is 2.11. The number of hydrogen-bond acceptors (Lipinski definition) is 4. The second-order valence-corrected chi connectivity index (χ2v) is 5.69. The number of carbonyl (C=O) groups is 1. The summed E-state index contributed by atoms with van der Waals surface area (Å²) in [4.78, 5) is 12.0. The number of carbonyl (C=O) groups excluding carboxylic acids is 1. The minimum absolute atomic E-state index is 0. The van der Waals surface area contributed by atoms with Crippen molar-refractivity contribution in [3.63, 3.8) is 0 Å². The lowest BCUT2D eigenvalue weighted by Crippen LogP contribution is -2.34. The van der Waals surface area contributed by atoms with E-state index >= 15 is 0 Å². The highest BCUT2D eigenvalue weighted by molar-refractivity contribution is 7.97. The highest BCUT2D eigenvalue weighted by Gasteiger charge is 2.25. The SMILES string of the molecule is CSCc1ccc(C(=O)NCC2CNCC2O)cc1.Cl. The molecule has 0 radical (unpaired) electrons. The Labute approximate surface area is 130 Å². The number of nitrogens with one attached hydrogen (secondary N) is 2. The molecule has 2 unspecified atom stereocenters. The van der Waals surface area contributed by atoms with Gasteiger partial charge in [0, 0.05) is 36.9 Å². The molecule has 2 atom stereocenters. The van der Waals surface area contributed by atoms with Crippen LogP contribution < -0.4 is 10.6 Å². The lowest BCUT2D eigenvalue weighted by atomic mass is 10.1. The zero-order chi connectivity index (χ0) is 13.7. The van der Waals surface area contributed by atoms with Crippen LogP contribution >= 0.6 is 24.2 Å². The maximum Gasteiger partial charge on any atom is 0.251 e. The number of rotatable bonds is 5. The normalized spacial score (nSPS) is 21.3. The molecule has 6 heteroatoms. The van der Waals surface area contributed by atoms with Gasteiger partial charge >= 0.3 is 0 Å². The van der Waals surface area contributed by atoms with Gasteiger partial charge in [0.25, 0.3) is 5.91 Å². The Morgan fingerprint density at radius 1 is 1.40 bits per heavy atom. The molecule has 1 saturated heterocycles. The van der Waals surface area contributed by atoms with Gasteiger partial charge in [-0.25, -0.2) is 0 Å². The smallest absolute Gasteiger partial charge is 0.251 e. The zero-order valence-corrected chi connectivity index (χ0v) is 13.1. The van der Waals surface area contributed by atoms with Crippen LogP contribution in [-0.2, 0) is 5.75 Å². The predicted molar refractivity (Wildman–Crippen MR) is 85.6 cm³/mol. The van der Waals surface area contributed by atoms with Crippen LogP contribution in [-0.4, -0.2) is 43.0 Å². The first kappa shape index (κ1) is 17.3. The van der Waals surface area contributed by atoms with E-state index in [1.165, 1.54) is 5.56 Å². The Morgan fingerprint density at radius 2 is 2.10 bits per heavy atom. The molecule has 1 aromatic carbocycles. The van der Waals surface area contributed by atoms with Crippen molar-refractivity contribution in [2.24, 2.45) is 5.92 Å².